The smallest absolute Gasteiger partial charge is 0.275 e. The molecule has 1 saturated heterocycles. The number of unbranched alkanes of at least 4 members (excludes halogenated alkanes) is 1. The van der Waals surface area contributed by atoms with E-state index in [-0.39, 0.29) is 17.7 Å². The summed E-state index contributed by atoms with van der Waals surface area (Å²) in [5, 5.41) is 16.5. The Bertz CT molecular complexity index is 1160. The van der Waals surface area contributed by atoms with Gasteiger partial charge in [0.05, 0.1) is 5.01 Å². The zero-order valence-corrected chi connectivity index (χ0v) is 21.3. The number of aliphatic hydroxyl groups is 1. The highest BCUT2D eigenvalue weighted by molar-refractivity contribution is 7.10. The number of hydrogen-bond donors (Lipinski definition) is 2. The summed E-state index contributed by atoms with van der Waals surface area (Å²) in [6.07, 6.45) is 2.97. The molecular formula is C27H30ClN3O3S. The third-order valence-corrected chi connectivity index (χ3v) is 7.62. The lowest BCUT2D eigenvalue weighted by molar-refractivity contribution is -0.141. The molecule has 2 amide bonds. The van der Waals surface area contributed by atoms with Gasteiger partial charge in [-0.1, -0.05) is 61.7 Å². The van der Waals surface area contributed by atoms with E-state index in [1.165, 1.54) is 11.3 Å². The van der Waals surface area contributed by atoms with Gasteiger partial charge in [0.15, 0.2) is 0 Å². The fourth-order valence-electron chi connectivity index (χ4n) is 4.32. The number of nitrogens with one attached hydrogen (secondary N) is 1. The Hall–Kier alpha value is -2.74. The molecule has 8 heteroatoms. The normalized spacial score (nSPS) is 15.1. The molecule has 1 aromatic heterocycles. The van der Waals surface area contributed by atoms with Gasteiger partial charge in [0.25, 0.3) is 11.8 Å². The Labute approximate surface area is 215 Å². The van der Waals surface area contributed by atoms with Crippen LogP contribution in [0, 0.1) is 0 Å². The number of nitrogens with zero attached hydrogens (tertiary/aromatic N) is 2. The van der Waals surface area contributed by atoms with E-state index in [1.807, 2.05) is 55.5 Å². The molecule has 184 valence electrons. The Morgan fingerprint density at radius 1 is 1.17 bits per heavy atom. The van der Waals surface area contributed by atoms with E-state index in [9.17, 15) is 14.7 Å². The summed E-state index contributed by atoms with van der Waals surface area (Å²) in [5.74, 6) is -0.212. The third kappa shape index (κ3) is 6.28. The number of benzene rings is 2. The highest BCUT2D eigenvalue weighted by atomic mass is 35.5. The van der Waals surface area contributed by atoms with Gasteiger partial charge in [0.2, 0.25) is 0 Å². The van der Waals surface area contributed by atoms with Crippen LogP contribution in [-0.4, -0.2) is 46.0 Å². The lowest BCUT2D eigenvalue weighted by Gasteiger charge is -2.32. The number of carbonyl (C=O) groups is 2. The van der Waals surface area contributed by atoms with E-state index in [0.29, 0.717) is 35.9 Å². The molecule has 1 fully saturated rings. The van der Waals surface area contributed by atoms with E-state index in [4.69, 9.17) is 11.6 Å². The van der Waals surface area contributed by atoms with E-state index < -0.39 is 6.10 Å². The lowest BCUT2D eigenvalue weighted by atomic mass is 9.97. The quantitative estimate of drug-likeness (QED) is 0.390. The molecule has 1 aliphatic rings. The first-order chi connectivity index (χ1) is 17.0. The van der Waals surface area contributed by atoms with Gasteiger partial charge in [0, 0.05) is 40.7 Å². The van der Waals surface area contributed by atoms with Gasteiger partial charge in [-0.2, -0.15) is 0 Å². The number of amides is 2. The van der Waals surface area contributed by atoms with E-state index in [1.54, 1.807) is 10.3 Å². The number of thiazole rings is 1. The number of rotatable bonds is 8. The van der Waals surface area contributed by atoms with Crippen LogP contribution in [0.1, 0.15) is 60.4 Å². The van der Waals surface area contributed by atoms with Gasteiger partial charge >= 0.3 is 0 Å². The molecule has 1 atom stereocenters. The van der Waals surface area contributed by atoms with Crippen LogP contribution < -0.4 is 5.32 Å². The molecule has 1 aliphatic heterocycles. The second kappa shape index (κ2) is 11.8. The van der Waals surface area contributed by atoms with Crippen LogP contribution in [-0.2, 0) is 4.79 Å². The molecule has 2 heterocycles. The average molecular weight is 512 g/mol. The molecule has 4 rings (SSSR count). The number of halogens is 1. The van der Waals surface area contributed by atoms with Crippen LogP contribution in [0.2, 0.25) is 5.02 Å². The SMILES string of the molecule is CCCCC(O)C(=O)N1CCC(c2nc(C(=O)Nc3ccccc3-c3ccc(Cl)cc3)cs2)CC1. The maximum Gasteiger partial charge on any atom is 0.275 e. The van der Waals surface area contributed by atoms with Crippen molar-refractivity contribution in [1.82, 2.24) is 9.88 Å². The second-order valence-corrected chi connectivity index (χ2v) is 10.2. The number of carbonyl (C=O) groups excluding carboxylic acids is 2. The van der Waals surface area contributed by atoms with Gasteiger partial charge in [-0.05, 0) is 43.0 Å². The number of hydrogen-bond acceptors (Lipinski definition) is 5. The highest BCUT2D eigenvalue weighted by Gasteiger charge is 2.29. The zero-order chi connectivity index (χ0) is 24.8. The van der Waals surface area contributed by atoms with Crippen LogP contribution in [0.5, 0.6) is 0 Å². The Balaban J connectivity index is 1.37. The lowest BCUT2D eigenvalue weighted by Crippen LogP contribution is -2.43. The number of piperidine rings is 1. The van der Waals surface area contributed by atoms with Gasteiger partial charge in [-0.3, -0.25) is 9.59 Å². The highest BCUT2D eigenvalue weighted by Crippen LogP contribution is 2.32. The van der Waals surface area contributed by atoms with E-state index in [2.05, 4.69) is 10.3 Å². The molecule has 0 aliphatic carbocycles. The fourth-order valence-corrected chi connectivity index (χ4v) is 5.41. The molecule has 0 radical (unpaired) electrons. The molecule has 0 bridgehead atoms. The van der Waals surface area contributed by atoms with Crippen LogP contribution >= 0.6 is 22.9 Å². The molecule has 1 unspecified atom stereocenters. The second-order valence-electron chi connectivity index (χ2n) is 8.84. The summed E-state index contributed by atoms with van der Waals surface area (Å²) in [5.41, 5.74) is 2.98. The predicted octanol–water partition coefficient (Wildman–Crippen LogP) is 5.97. The van der Waals surface area contributed by atoms with Gasteiger partial charge in [-0.25, -0.2) is 4.98 Å². The van der Waals surface area contributed by atoms with Crippen molar-refractivity contribution in [2.24, 2.45) is 0 Å². The summed E-state index contributed by atoms with van der Waals surface area (Å²) in [4.78, 5) is 31.8. The predicted molar refractivity (Wildman–Crippen MR) is 141 cm³/mol. The van der Waals surface area contributed by atoms with E-state index in [0.717, 1.165) is 41.8 Å². The third-order valence-electron chi connectivity index (χ3n) is 6.36. The minimum absolute atomic E-state index is 0.171. The molecule has 2 N–H and O–H groups in total. The van der Waals surface area contributed by atoms with Crippen LogP contribution in [0.25, 0.3) is 11.1 Å². The van der Waals surface area contributed by atoms with Gasteiger partial charge < -0.3 is 15.3 Å². The summed E-state index contributed by atoms with van der Waals surface area (Å²) in [6, 6.07) is 15.1. The maximum absolute atomic E-state index is 13.0. The number of likely N-dealkylation sites (tertiary alicyclic amines) is 1. The molecule has 2 aromatic carbocycles. The maximum atomic E-state index is 13.0. The standard InChI is InChI=1S/C27H30ClN3O3S/c1-2-3-8-24(32)27(34)31-15-13-19(14-16-31)26-30-23(17-35-26)25(33)29-22-7-5-4-6-21(22)18-9-11-20(28)12-10-18/h4-7,9-12,17,19,24,32H,2-3,8,13-16H2,1H3,(H,29,33). The Morgan fingerprint density at radius 3 is 2.60 bits per heavy atom. The first-order valence-corrected chi connectivity index (χ1v) is 13.3. The van der Waals surface area contributed by atoms with Crippen molar-refractivity contribution in [1.29, 1.82) is 0 Å². The van der Waals surface area contributed by atoms with Crippen molar-refractivity contribution in [2.75, 3.05) is 18.4 Å². The van der Waals surface area contributed by atoms with Crippen molar-refractivity contribution in [2.45, 2.75) is 51.0 Å². The monoisotopic (exact) mass is 511 g/mol. The van der Waals surface area contributed by atoms with Gasteiger partial charge in [0.1, 0.15) is 11.8 Å². The van der Waals surface area contributed by atoms with Crippen LogP contribution in [0.15, 0.2) is 53.9 Å². The fraction of sp³-hybridized carbons (Fsp3) is 0.370. The molecule has 0 saturated carbocycles. The van der Waals surface area contributed by atoms with Crippen molar-refractivity contribution in [3.05, 3.63) is 69.6 Å². The van der Waals surface area contributed by atoms with Crippen LogP contribution in [0.3, 0.4) is 0 Å². The van der Waals surface area contributed by atoms with E-state index >= 15 is 0 Å². The number of anilines is 1. The number of aliphatic hydroxyl groups excluding tert-OH is 1. The van der Waals surface area contributed by atoms with Crippen molar-refractivity contribution in [3.63, 3.8) is 0 Å². The minimum atomic E-state index is -0.905. The zero-order valence-electron chi connectivity index (χ0n) is 19.7. The molecule has 6 nitrogen and oxygen atoms in total. The van der Waals surface area contributed by atoms with Gasteiger partial charge in [-0.15, -0.1) is 11.3 Å². The van der Waals surface area contributed by atoms with Crippen molar-refractivity contribution >= 4 is 40.4 Å². The largest absolute Gasteiger partial charge is 0.383 e. The number of aromatic nitrogens is 1. The topological polar surface area (TPSA) is 82.5 Å². The molecule has 35 heavy (non-hydrogen) atoms. The van der Waals surface area contributed by atoms with Crippen LogP contribution in [0.4, 0.5) is 5.69 Å². The first-order valence-electron chi connectivity index (χ1n) is 12.0. The molecule has 0 spiro atoms. The summed E-state index contributed by atoms with van der Waals surface area (Å²) in [6.45, 7) is 3.24. The minimum Gasteiger partial charge on any atom is -0.383 e. The Kier molecular flexibility index (Phi) is 8.55. The summed E-state index contributed by atoms with van der Waals surface area (Å²) >= 11 is 7.50. The summed E-state index contributed by atoms with van der Waals surface area (Å²) in [7, 11) is 0. The number of para-hydroxylation sites is 1. The summed E-state index contributed by atoms with van der Waals surface area (Å²) < 4.78 is 0. The van der Waals surface area contributed by atoms with Crippen molar-refractivity contribution in [3.8, 4) is 11.1 Å². The molecular weight excluding hydrogens is 482 g/mol. The van der Waals surface area contributed by atoms with Crippen molar-refractivity contribution < 1.29 is 14.7 Å². The first kappa shape index (κ1) is 25.4. The Morgan fingerprint density at radius 2 is 1.89 bits per heavy atom. The average Bonchev–Trinajstić information content (AvgIpc) is 3.38. The molecule has 3 aromatic rings.